The second-order valence-corrected chi connectivity index (χ2v) is 5.68. The molecule has 0 spiro atoms. The highest BCUT2D eigenvalue weighted by molar-refractivity contribution is 5.83. The topological polar surface area (TPSA) is 119 Å². The minimum absolute atomic E-state index is 0.294. The molecule has 1 aliphatic rings. The number of hydrazine groups is 1. The highest BCUT2D eigenvalue weighted by Crippen LogP contribution is 2.17. The van der Waals surface area contributed by atoms with Crippen molar-refractivity contribution in [3.63, 3.8) is 0 Å². The molecule has 1 aliphatic heterocycles. The number of carbonyl (C=O) groups is 3. The second-order valence-electron chi connectivity index (χ2n) is 5.68. The Kier molecular flexibility index (Phi) is 6.14. The summed E-state index contributed by atoms with van der Waals surface area (Å²) in [7, 11) is 0. The summed E-state index contributed by atoms with van der Waals surface area (Å²) in [4.78, 5) is 35.6. The Balaban J connectivity index is 1.85. The Hall–Kier alpha value is -2.61. The van der Waals surface area contributed by atoms with Crippen LogP contribution in [0.5, 0.6) is 0 Å². The SMILES string of the molecule is O=C(O)C(CCc1ccccc1)NNC(=O)N1CCC[C@H]1C(=O)O. The Morgan fingerprint density at radius 3 is 2.54 bits per heavy atom. The largest absolute Gasteiger partial charge is 0.480 e. The predicted octanol–water partition coefficient (Wildman–Crippen LogP) is 0.836. The van der Waals surface area contributed by atoms with Gasteiger partial charge in [0.2, 0.25) is 0 Å². The molecule has 0 aliphatic carbocycles. The summed E-state index contributed by atoms with van der Waals surface area (Å²) in [6.07, 6.45) is 1.85. The van der Waals surface area contributed by atoms with Gasteiger partial charge in [0.1, 0.15) is 12.1 Å². The lowest BCUT2D eigenvalue weighted by molar-refractivity contribution is -0.142. The van der Waals surface area contributed by atoms with Crippen LogP contribution >= 0.6 is 0 Å². The van der Waals surface area contributed by atoms with Gasteiger partial charge in [0, 0.05) is 6.54 Å². The number of rotatable bonds is 7. The smallest absolute Gasteiger partial charge is 0.332 e. The van der Waals surface area contributed by atoms with Gasteiger partial charge in [0.15, 0.2) is 0 Å². The van der Waals surface area contributed by atoms with Crippen LogP contribution in [0.2, 0.25) is 0 Å². The van der Waals surface area contributed by atoms with E-state index in [0.29, 0.717) is 32.2 Å². The Morgan fingerprint density at radius 2 is 1.92 bits per heavy atom. The number of carbonyl (C=O) groups excluding carboxylic acids is 1. The van der Waals surface area contributed by atoms with Crippen molar-refractivity contribution in [3.05, 3.63) is 35.9 Å². The molecule has 0 saturated carbocycles. The zero-order valence-electron chi connectivity index (χ0n) is 13.1. The maximum atomic E-state index is 12.1. The summed E-state index contributed by atoms with van der Waals surface area (Å²) < 4.78 is 0. The number of aryl methyl sites for hydroxylation is 1. The number of carboxylic acid groups (broad SMARTS) is 2. The maximum absolute atomic E-state index is 12.1. The van der Waals surface area contributed by atoms with E-state index < -0.39 is 30.1 Å². The number of amides is 2. The first-order chi connectivity index (χ1) is 11.5. The van der Waals surface area contributed by atoms with Crippen molar-refractivity contribution >= 4 is 18.0 Å². The summed E-state index contributed by atoms with van der Waals surface area (Å²) in [5.41, 5.74) is 5.81. The highest BCUT2D eigenvalue weighted by atomic mass is 16.4. The molecule has 130 valence electrons. The van der Waals surface area contributed by atoms with Gasteiger partial charge in [-0.15, -0.1) is 0 Å². The average Bonchev–Trinajstić information content (AvgIpc) is 3.05. The fourth-order valence-corrected chi connectivity index (χ4v) is 2.70. The van der Waals surface area contributed by atoms with Gasteiger partial charge in [-0.25, -0.2) is 15.0 Å². The summed E-state index contributed by atoms with van der Waals surface area (Å²) in [5.74, 6) is -2.14. The van der Waals surface area contributed by atoms with Crippen molar-refractivity contribution < 1.29 is 24.6 Å². The number of carboxylic acids is 2. The lowest BCUT2D eigenvalue weighted by atomic mass is 10.1. The van der Waals surface area contributed by atoms with E-state index in [1.807, 2.05) is 30.3 Å². The standard InChI is InChI=1S/C16H21N3O5/c20-14(21)12(9-8-11-5-2-1-3-6-11)17-18-16(24)19-10-4-7-13(19)15(22)23/h1-3,5-6,12-13,17H,4,7-10H2,(H,18,24)(H,20,21)(H,22,23)/t12?,13-/m0/s1. The van der Waals surface area contributed by atoms with E-state index in [2.05, 4.69) is 10.9 Å². The van der Waals surface area contributed by atoms with E-state index in [0.717, 1.165) is 5.56 Å². The van der Waals surface area contributed by atoms with Gasteiger partial charge in [-0.2, -0.15) is 0 Å². The van der Waals surface area contributed by atoms with Crippen LogP contribution in [-0.4, -0.2) is 51.7 Å². The Morgan fingerprint density at radius 1 is 1.21 bits per heavy atom. The van der Waals surface area contributed by atoms with Crippen LogP contribution in [0.25, 0.3) is 0 Å². The molecule has 8 heteroatoms. The van der Waals surface area contributed by atoms with Crippen molar-refractivity contribution in [2.45, 2.75) is 37.8 Å². The van der Waals surface area contributed by atoms with E-state index in [1.54, 1.807) is 0 Å². The third-order valence-corrected chi connectivity index (χ3v) is 4.01. The van der Waals surface area contributed by atoms with Crippen molar-refractivity contribution in [1.82, 2.24) is 15.8 Å². The number of urea groups is 1. The van der Waals surface area contributed by atoms with E-state index >= 15 is 0 Å². The first-order valence-electron chi connectivity index (χ1n) is 7.80. The van der Waals surface area contributed by atoms with Crippen molar-refractivity contribution in [1.29, 1.82) is 0 Å². The van der Waals surface area contributed by atoms with E-state index in [9.17, 15) is 19.5 Å². The number of hydrogen-bond acceptors (Lipinski definition) is 4. The number of aliphatic carboxylic acids is 2. The van der Waals surface area contributed by atoms with Crippen LogP contribution in [0.3, 0.4) is 0 Å². The molecule has 0 radical (unpaired) electrons. The van der Waals surface area contributed by atoms with Crippen LogP contribution < -0.4 is 10.9 Å². The minimum atomic E-state index is -1.08. The second kappa shape index (κ2) is 8.30. The molecule has 24 heavy (non-hydrogen) atoms. The molecule has 1 saturated heterocycles. The van der Waals surface area contributed by atoms with Crippen LogP contribution in [0, 0.1) is 0 Å². The Labute approximate surface area is 139 Å². The van der Waals surface area contributed by atoms with Gasteiger partial charge < -0.3 is 15.1 Å². The first kappa shape index (κ1) is 17.7. The molecule has 0 aromatic heterocycles. The summed E-state index contributed by atoms with van der Waals surface area (Å²) >= 11 is 0. The molecule has 2 amide bonds. The zero-order valence-corrected chi connectivity index (χ0v) is 13.1. The van der Waals surface area contributed by atoms with Crippen LogP contribution in [0.15, 0.2) is 30.3 Å². The number of nitrogens with one attached hydrogen (secondary N) is 2. The number of likely N-dealkylation sites (tertiary alicyclic amines) is 1. The van der Waals surface area contributed by atoms with Gasteiger partial charge in [0.25, 0.3) is 0 Å². The molecule has 2 rings (SSSR count). The van der Waals surface area contributed by atoms with Crippen molar-refractivity contribution in [2.24, 2.45) is 0 Å². The maximum Gasteiger partial charge on any atom is 0.332 e. The van der Waals surface area contributed by atoms with Gasteiger partial charge in [-0.05, 0) is 31.2 Å². The fourth-order valence-electron chi connectivity index (χ4n) is 2.70. The lowest BCUT2D eigenvalue weighted by Gasteiger charge is -2.23. The molecule has 2 atom stereocenters. The average molecular weight is 335 g/mol. The quantitative estimate of drug-likeness (QED) is 0.548. The molecule has 4 N–H and O–H groups in total. The Bertz CT molecular complexity index is 593. The molecule has 1 heterocycles. The molecule has 0 bridgehead atoms. The minimum Gasteiger partial charge on any atom is -0.480 e. The fraction of sp³-hybridized carbons (Fsp3) is 0.438. The van der Waals surface area contributed by atoms with E-state index in [4.69, 9.17) is 5.11 Å². The van der Waals surface area contributed by atoms with Crippen molar-refractivity contribution in [2.75, 3.05) is 6.54 Å². The molecular formula is C16H21N3O5. The summed E-state index contributed by atoms with van der Waals surface area (Å²) in [6.45, 7) is 0.340. The third-order valence-electron chi connectivity index (χ3n) is 4.01. The van der Waals surface area contributed by atoms with Gasteiger partial charge >= 0.3 is 18.0 Å². The van der Waals surface area contributed by atoms with Crippen molar-refractivity contribution in [3.8, 4) is 0 Å². The summed E-state index contributed by atoms with van der Waals surface area (Å²) in [5, 5.41) is 18.3. The van der Waals surface area contributed by atoms with Gasteiger partial charge in [-0.1, -0.05) is 30.3 Å². The first-order valence-corrected chi connectivity index (χ1v) is 7.80. The van der Waals surface area contributed by atoms with Crippen LogP contribution in [0.4, 0.5) is 4.79 Å². The highest BCUT2D eigenvalue weighted by Gasteiger charge is 2.34. The van der Waals surface area contributed by atoms with E-state index in [-0.39, 0.29) is 0 Å². The van der Waals surface area contributed by atoms with Gasteiger partial charge in [-0.3, -0.25) is 10.2 Å². The molecule has 1 unspecified atom stereocenters. The zero-order chi connectivity index (χ0) is 17.5. The lowest BCUT2D eigenvalue weighted by Crippen LogP contribution is -2.54. The molecule has 1 aromatic rings. The van der Waals surface area contributed by atoms with E-state index in [1.165, 1.54) is 4.90 Å². The predicted molar refractivity (Wildman–Crippen MR) is 85.2 cm³/mol. The van der Waals surface area contributed by atoms with Gasteiger partial charge in [0.05, 0.1) is 0 Å². The summed E-state index contributed by atoms with van der Waals surface area (Å²) in [6, 6.07) is 6.99. The molecule has 1 aromatic carbocycles. The molecular weight excluding hydrogens is 314 g/mol. The monoisotopic (exact) mass is 335 g/mol. The molecule has 1 fully saturated rings. The normalized spacial score (nSPS) is 18.2. The van der Waals surface area contributed by atoms with Crippen LogP contribution in [-0.2, 0) is 16.0 Å². The molecule has 8 nitrogen and oxygen atoms in total. The number of hydrogen-bond donors (Lipinski definition) is 4. The number of nitrogens with zero attached hydrogens (tertiary/aromatic N) is 1. The third kappa shape index (κ3) is 4.69. The number of benzene rings is 1. The van der Waals surface area contributed by atoms with Crippen LogP contribution in [0.1, 0.15) is 24.8 Å².